The zero-order valence-electron chi connectivity index (χ0n) is 7.67. The molecule has 3 heteroatoms. The van der Waals surface area contributed by atoms with E-state index in [9.17, 15) is 9.59 Å². The number of rotatable bonds is 2. The first-order valence-electron chi connectivity index (χ1n) is 4.51. The predicted octanol–water partition coefficient (Wildman–Crippen LogP) is 0.629. The summed E-state index contributed by atoms with van der Waals surface area (Å²) in [5.74, 6) is -0.378. The van der Waals surface area contributed by atoms with Crippen LogP contribution in [0.15, 0.2) is 0 Å². The minimum atomic E-state index is -0.189. The van der Waals surface area contributed by atoms with Crippen LogP contribution >= 0.6 is 0 Å². The maximum Gasteiger partial charge on any atom is 0.215 e. The van der Waals surface area contributed by atoms with Crippen LogP contribution in [0.25, 0.3) is 0 Å². The van der Waals surface area contributed by atoms with Gasteiger partial charge in [-0.25, -0.2) is 0 Å². The number of nitrogens with zero attached hydrogens (tertiary/aromatic N) is 1. The number of ketones is 2. The van der Waals surface area contributed by atoms with Crippen LogP contribution in [-0.2, 0) is 9.59 Å². The summed E-state index contributed by atoms with van der Waals surface area (Å²) in [6.07, 6.45) is 1.15. The topological polar surface area (TPSA) is 37.4 Å². The van der Waals surface area contributed by atoms with E-state index < -0.39 is 0 Å². The quantitative estimate of drug-likeness (QED) is 0.569. The number of Topliss-reactive ketones (excluding diaryl/α,β-unsaturated/α-hetero) is 2. The molecule has 1 heterocycles. The maximum atomic E-state index is 11.3. The highest BCUT2D eigenvalue weighted by molar-refractivity contribution is 6.39. The Bertz CT molecular complexity index is 201. The van der Waals surface area contributed by atoms with E-state index in [-0.39, 0.29) is 17.6 Å². The first-order valence-corrected chi connectivity index (χ1v) is 4.51. The lowest BCUT2D eigenvalue weighted by Gasteiger charge is -2.31. The molecule has 12 heavy (non-hydrogen) atoms. The van der Waals surface area contributed by atoms with Gasteiger partial charge in [-0.3, -0.25) is 14.5 Å². The van der Waals surface area contributed by atoms with Gasteiger partial charge in [-0.1, -0.05) is 13.8 Å². The van der Waals surface area contributed by atoms with Gasteiger partial charge in [0.15, 0.2) is 0 Å². The lowest BCUT2D eigenvalue weighted by atomic mass is 9.97. The summed E-state index contributed by atoms with van der Waals surface area (Å²) < 4.78 is 0. The van der Waals surface area contributed by atoms with E-state index in [4.69, 9.17) is 0 Å². The van der Waals surface area contributed by atoms with Crippen LogP contribution in [0.1, 0.15) is 26.7 Å². The fourth-order valence-corrected chi connectivity index (χ4v) is 1.70. The minimum absolute atomic E-state index is 0.142. The van der Waals surface area contributed by atoms with Crippen molar-refractivity contribution in [2.75, 3.05) is 13.1 Å². The Hall–Kier alpha value is -0.700. The third kappa shape index (κ3) is 1.55. The van der Waals surface area contributed by atoms with E-state index in [0.29, 0.717) is 6.42 Å². The molecular formula is C9H15NO2. The van der Waals surface area contributed by atoms with Gasteiger partial charge in [0.2, 0.25) is 11.6 Å². The molecule has 0 aromatic heterocycles. The van der Waals surface area contributed by atoms with Crippen molar-refractivity contribution in [3.8, 4) is 0 Å². The molecule has 0 N–H and O–H groups in total. The first-order chi connectivity index (χ1) is 5.70. The number of hydrogen-bond donors (Lipinski definition) is 0. The lowest BCUT2D eigenvalue weighted by Crippen LogP contribution is -2.49. The second-order valence-corrected chi connectivity index (χ2v) is 3.09. The highest BCUT2D eigenvalue weighted by Crippen LogP contribution is 2.13. The van der Waals surface area contributed by atoms with Crippen LogP contribution < -0.4 is 0 Å². The molecule has 0 aromatic carbocycles. The fraction of sp³-hybridized carbons (Fsp3) is 0.778. The molecule has 1 fully saturated rings. The molecule has 3 nitrogen and oxygen atoms in total. The Labute approximate surface area is 72.7 Å². The van der Waals surface area contributed by atoms with Gasteiger partial charge in [-0.15, -0.1) is 0 Å². The van der Waals surface area contributed by atoms with Crippen LogP contribution in [0.3, 0.4) is 0 Å². The summed E-state index contributed by atoms with van der Waals surface area (Å²) in [6, 6.07) is -0.142. The van der Waals surface area contributed by atoms with Crippen molar-refractivity contribution in [2.45, 2.75) is 32.7 Å². The second kappa shape index (κ2) is 3.81. The number of hydrogen-bond acceptors (Lipinski definition) is 3. The monoisotopic (exact) mass is 169 g/mol. The number of likely N-dealkylation sites (tertiary alicyclic amines) is 1. The van der Waals surface area contributed by atoms with Crippen LogP contribution in [-0.4, -0.2) is 35.6 Å². The van der Waals surface area contributed by atoms with E-state index in [2.05, 4.69) is 4.90 Å². The third-order valence-corrected chi connectivity index (χ3v) is 2.44. The molecule has 1 atom stereocenters. The van der Waals surface area contributed by atoms with Crippen molar-refractivity contribution in [1.29, 1.82) is 0 Å². The SMILES string of the molecule is CCC1C(=O)C(=O)CCN1CC. The largest absolute Gasteiger partial charge is 0.293 e. The van der Waals surface area contributed by atoms with Crippen LogP contribution in [0.2, 0.25) is 0 Å². The van der Waals surface area contributed by atoms with Crippen LogP contribution in [0, 0.1) is 0 Å². The average molecular weight is 169 g/mol. The van der Waals surface area contributed by atoms with E-state index in [1.807, 2.05) is 13.8 Å². The number of likely N-dealkylation sites (N-methyl/N-ethyl adjacent to an activating group) is 1. The average Bonchev–Trinajstić information content (AvgIpc) is 2.09. The van der Waals surface area contributed by atoms with Crippen molar-refractivity contribution in [3.05, 3.63) is 0 Å². The molecule has 1 aliphatic rings. The van der Waals surface area contributed by atoms with Gasteiger partial charge in [-0.2, -0.15) is 0 Å². The molecule has 0 amide bonds. The Morgan fingerprint density at radius 1 is 1.42 bits per heavy atom. The Morgan fingerprint density at radius 2 is 2.08 bits per heavy atom. The summed E-state index contributed by atoms with van der Waals surface area (Å²) in [5.41, 5.74) is 0. The summed E-state index contributed by atoms with van der Waals surface area (Å²) in [7, 11) is 0. The highest BCUT2D eigenvalue weighted by Gasteiger charge is 2.32. The summed E-state index contributed by atoms with van der Waals surface area (Å²) in [6.45, 7) is 5.58. The zero-order valence-corrected chi connectivity index (χ0v) is 7.67. The van der Waals surface area contributed by atoms with Crippen molar-refractivity contribution < 1.29 is 9.59 Å². The Balaban J connectivity index is 2.71. The summed E-state index contributed by atoms with van der Waals surface area (Å²) in [5, 5.41) is 0. The standard InChI is InChI=1S/C9H15NO2/c1-3-7-9(12)8(11)5-6-10(7)4-2/h7H,3-6H2,1-2H3. The maximum absolute atomic E-state index is 11.3. The lowest BCUT2D eigenvalue weighted by molar-refractivity contribution is -0.143. The van der Waals surface area contributed by atoms with Gasteiger partial charge in [0.1, 0.15) is 0 Å². The van der Waals surface area contributed by atoms with Crippen molar-refractivity contribution >= 4 is 11.6 Å². The molecule has 0 aromatic rings. The highest BCUT2D eigenvalue weighted by atomic mass is 16.2. The molecule has 1 aliphatic heterocycles. The zero-order chi connectivity index (χ0) is 9.14. The first kappa shape index (κ1) is 9.39. The molecular weight excluding hydrogens is 154 g/mol. The van der Waals surface area contributed by atoms with E-state index >= 15 is 0 Å². The third-order valence-electron chi connectivity index (χ3n) is 2.44. The normalized spacial score (nSPS) is 26.3. The van der Waals surface area contributed by atoms with Gasteiger partial charge < -0.3 is 0 Å². The molecule has 0 saturated carbocycles. The van der Waals surface area contributed by atoms with Gasteiger partial charge in [0, 0.05) is 13.0 Å². The number of piperidine rings is 1. The van der Waals surface area contributed by atoms with Crippen molar-refractivity contribution in [3.63, 3.8) is 0 Å². The molecule has 0 aliphatic carbocycles. The van der Waals surface area contributed by atoms with E-state index in [1.54, 1.807) is 0 Å². The van der Waals surface area contributed by atoms with Gasteiger partial charge in [0.05, 0.1) is 6.04 Å². The number of carbonyl (C=O) groups is 2. The van der Waals surface area contributed by atoms with Crippen molar-refractivity contribution in [2.24, 2.45) is 0 Å². The number of carbonyl (C=O) groups excluding carboxylic acids is 2. The second-order valence-electron chi connectivity index (χ2n) is 3.09. The minimum Gasteiger partial charge on any atom is -0.293 e. The Kier molecular flexibility index (Phi) is 2.98. The molecule has 1 unspecified atom stereocenters. The molecule has 0 bridgehead atoms. The van der Waals surface area contributed by atoms with Gasteiger partial charge in [0.25, 0.3) is 0 Å². The molecule has 1 saturated heterocycles. The Morgan fingerprint density at radius 3 is 2.58 bits per heavy atom. The van der Waals surface area contributed by atoms with Crippen molar-refractivity contribution in [1.82, 2.24) is 4.90 Å². The summed E-state index contributed by atoms with van der Waals surface area (Å²) >= 11 is 0. The van der Waals surface area contributed by atoms with E-state index in [0.717, 1.165) is 19.5 Å². The smallest absolute Gasteiger partial charge is 0.215 e. The van der Waals surface area contributed by atoms with E-state index in [1.165, 1.54) is 0 Å². The molecule has 0 radical (unpaired) electrons. The molecule has 1 rings (SSSR count). The summed E-state index contributed by atoms with van der Waals surface area (Å²) in [4.78, 5) is 24.5. The predicted molar refractivity (Wildman–Crippen MR) is 46.0 cm³/mol. The van der Waals surface area contributed by atoms with Crippen LogP contribution in [0.5, 0.6) is 0 Å². The van der Waals surface area contributed by atoms with Gasteiger partial charge >= 0.3 is 0 Å². The van der Waals surface area contributed by atoms with Gasteiger partial charge in [-0.05, 0) is 13.0 Å². The van der Waals surface area contributed by atoms with Crippen LogP contribution in [0.4, 0.5) is 0 Å². The fourth-order valence-electron chi connectivity index (χ4n) is 1.70. The molecule has 0 spiro atoms. The molecule has 68 valence electrons.